The van der Waals surface area contributed by atoms with Gasteiger partial charge in [-0.15, -0.1) is 0 Å². The molecule has 0 unspecified atom stereocenters. The maximum absolute atomic E-state index is 13.8. The van der Waals surface area contributed by atoms with Crippen molar-refractivity contribution in [1.29, 1.82) is 0 Å². The van der Waals surface area contributed by atoms with Crippen LogP contribution in [-0.4, -0.2) is 14.5 Å². The Morgan fingerprint density at radius 2 is 1.62 bits per heavy atom. The van der Waals surface area contributed by atoms with Crippen LogP contribution >= 0.6 is 15.9 Å². The van der Waals surface area contributed by atoms with E-state index < -0.39 is 26.6 Å². The number of benzene rings is 1. The quantitative estimate of drug-likeness (QED) is 0.855. The van der Waals surface area contributed by atoms with Crippen molar-refractivity contribution >= 4 is 26.0 Å². The van der Waals surface area contributed by atoms with Crippen molar-refractivity contribution in [2.24, 2.45) is 0 Å². The van der Waals surface area contributed by atoms with Crippen molar-refractivity contribution in [2.45, 2.75) is 55.9 Å². The van der Waals surface area contributed by atoms with Gasteiger partial charge in [0.15, 0.2) is 0 Å². The molecule has 1 N–H and O–H groups in total. The Hall–Kier alpha value is -0.530. The lowest BCUT2D eigenvalue weighted by molar-refractivity contribution is 0.425. The van der Waals surface area contributed by atoms with E-state index in [2.05, 4.69) is 20.7 Å². The lowest BCUT2D eigenvalue weighted by Crippen LogP contribution is -2.36. The zero-order valence-corrected chi connectivity index (χ0v) is 13.9. The summed E-state index contributed by atoms with van der Waals surface area (Å²) in [7, 11) is -4.00. The van der Waals surface area contributed by atoms with Gasteiger partial charge in [0.1, 0.15) is 16.5 Å². The van der Waals surface area contributed by atoms with Gasteiger partial charge in [-0.3, -0.25) is 0 Å². The van der Waals surface area contributed by atoms with E-state index in [1.165, 1.54) is 6.42 Å². The van der Waals surface area contributed by atoms with E-state index in [0.717, 1.165) is 44.6 Å². The molecule has 1 fully saturated rings. The molecule has 0 aliphatic heterocycles. The summed E-state index contributed by atoms with van der Waals surface area (Å²) in [4.78, 5) is -0.522. The third kappa shape index (κ3) is 4.47. The first-order chi connectivity index (χ1) is 9.90. The normalized spacial score (nSPS) is 18.2. The molecule has 0 atom stereocenters. The van der Waals surface area contributed by atoms with Crippen LogP contribution < -0.4 is 4.72 Å². The Labute approximate surface area is 132 Å². The van der Waals surface area contributed by atoms with Gasteiger partial charge in [0, 0.05) is 16.6 Å². The van der Waals surface area contributed by atoms with Crippen molar-refractivity contribution in [3.05, 3.63) is 28.2 Å². The predicted molar refractivity (Wildman–Crippen MR) is 80.5 cm³/mol. The Bertz CT molecular complexity index is 576. The number of nitrogens with one attached hydrogen (secondary N) is 1. The molecule has 0 radical (unpaired) electrons. The standard InChI is InChI=1S/C14H18BrF2NO2S/c15-12-8-10(16)9-13(17)14(12)21(19,20)18-11-6-4-2-1-3-5-7-11/h8-9,11,18H,1-7H2. The summed E-state index contributed by atoms with van der Waals surface area (Å²) >= 11 is 2.93. The number of sulfonamides is 1. The first kappa shape index (κ1) is 16.8. The lowest BCUT2D eigenvalue weighted by Gasteiger charge is -2.21. The molecule has 7 heteroatoms. The van der Waals surface area contributed by atoms with Gasteiger partial charge in [-0.05, 0) is 34.8 Å². The molecule has 118 valence electrons. The second kappa shape index (κ2) is 7.15. The molecule has 1 aliphatic rings. The van der Waals surface area contributed by atoms with Crippen LogP contribution in [0.25, 0.3) is 0 Å². The van der Waals surface area contributed by atoms with Crippen LogP contribution in [0.4, 0.5) is 8.78 Å². The van der Waals surface area contributed by atoms with Crippen molar-refractivity contribution in [3.8, 4) is 0 Å². The maximum atomic E-state index is 13.8. The van der Waals surface area contributed by atoms with Crippen LogP contribution in [0.15, 0.2) is 21.5 Å². The van der Waals surface area contributed by atoms with Crippen molar-refractivity contribution in [3.63, 3.8) is 0 Å². The van der Waals surface area contributed by atoms with Gasteiger partial charge in [0.25, 0.3) is 0 Å². The smallest absolute Gasteiger partial charge is 0.208 e. The summed E-state index contributed by atoms with van der Waals surface area (Å²) < 4.78 is 54.0. The van der Waals surface area contributed by atoms with Gasteiger partial charge in [-0.25, -0.2) is 21.9 Å². The summed E-state index contributed by atoms with van der Waals surface area (Å²) in [6, 6.07) is 1.35. The SMILES string of the molecule is O=S(=O)(NC1CCCCCCC1)c1c(F)cc(F)cc1Br. The van der Waals surface area contributed by atoms with Crippen LogP contribution in [0.5, 0.6) is 0 Å². The molecule has 3 nitrogen and oxygen atoms in total. The molecule has 21 heavy (non-hydrogen) atoms. The highest BCUT2D eigenvalue weighted by atomic mass is 79.9. The molecule has 0 spiro atoms. The lowest BCUT2D eigenvalue weighted by atomic mass is 9.97. The minimum atomic E-state index is -4.00. The molecule has 0 amide bonds. The fraction of sp³-hybridized carbons (Fsp3) is 0.571. The van der Waals surface area contributed by atoms with E-state index in [-0.39, 0.29) is 10.5 Å². The van der Waals surface area contributed by atoms with Crippen LogP contribution in [0, 0.1) is 11.6 Å². The zero-order chi connectivity index (χ0) is 15.5. The highest BCUT2D eigenvalue weighted by molar-refractivity contribution is 9.10. The number of halogens is 3. The van der Waals surface area contributed by atoms with E-state index in [4.69, 9.17) is 0 Å². The molecule has 0 bridgehead atoms. The Morgan fingerprint density at radius 1 is 1.05 bits per heavy atom. The summed E-state index contributed by atoms with van der Waals surface area (Å²) in [5, 5.41) is 0. The topological polar surface area (TPSA) is 46.2 Å². The number of hydrogen-bond donors (Lipinski definition) is 1. The Balaban J connectivity index is 2.21. The molecule has 1 aromatic rings. The third-order valence-electron chi connectivity index (χ3n) is 3.66. The zero-order valence-electron chi connectivity index (χ0n) is 11.5. The molecule has 0 saturated heterocycles. The number of rotatable bonds is 3. The van der Waals surface area contributed by atoms with E-state index in [1.54, 1.807) is 0 Å². The van der Waals surface area contributed by atoms with E-state index in [0.29, 0.717) is 6.07 Å². The van der Waals surface area contributed by atoms with Crippen molar-refractivity contribution in [1.82, 2.24) is 4.72 Å². The van der Waals surface area contributed by atoms with E-state index in [1.807, 2.05) is 0 Å². The van der Waals surface area contributed by atoms with Gasteiger partial charge >= 0.3 is 0 Å². The van der Waals surface area contributed by atoms with Gasteiger partial charge in [-0.1, -0.05) is 32.1 Å². The van der Waals surface area contributed by atoms with Gasteiger partial charge in [0.2, 0.25) is 10.0 Å². The minimum Gasteiger partial charge on any atom is -0.208 e. The number of hydrogen-bond acceptors (Lipinski definition) is 2. The molecule has 1 saturated carbocycles. The molecule has 0 heterocycles. The molecular formula is C14H18BrF2NO2S. The second-order valence-corrected chi connectivity index (χ2v) is 7.87. The van der Waals surface area contributed by atoms with Crippen LogP contribution in [0.3, 0.4) is 0 Å². The van der Waals surface area contributed by atoms with E-state index in [9.17, 15) is 17.2 Å². The summed E-state index contributed by atoms with van der Waals surface area (Å²) in [5.74, 6) is -1.90. The van der Waals surface area contributed by atoms with Crippen LogP contribution in [-0.2, 0) is 10.0 Å². The van der Waals surface area contributed by atoms with E-state index >= 15 is 0 Å². The third-order valence-corrected chi connectivity index (χ3v) is 6.14. The second-order valence-electron chi connectivity index (χ2n) is 5.36. The molecule has 0 aromatic heterocycles. The van der Waals surface area contributed by atoms with Crippen LogP contribution in [0.2, 0.25) is 0 Å². The fourth-order valence-corrected chi connectivity index (χ4v) is 5.11. The fourth-order valence-electron chi connectivity index (χ4n) is 2.64. The van der Waals surface area contributed by atoms with Gasteiger partial charge in [0.05, 0.1) is 0 Å². The highest BCUT2D eigenvalue weighted by Crippen LogP contribution is 2.27. The van der Waals surface area contributed by atoms with Gasteiger partial charge < -0.3 is 0 Å². The van der Waals surface area contributed by atoms with Gasteiger partial charge in [-0.2, -0.15) is 0 Å². The average molecular weight is 382 g/mol. The van der Waals surface area contributed by atoms with Crippen LogP contribution in [0.1, 0.15) is 44.9 Å². The van der Waals surface area contributed by atoms with Crippen molar-refractivity contribution < 1.29 is 17.2 Å². The first-order valence-corrected chi connectivity index (χ1v) is 9.34. The molecule has 2 rings (SSSR count). The molecule has 1 aromatic carbocycles. The Morgan fingerprint density at radius 3 is 2.19 bits per heavy atom. The largest absolute Gasteiger partial charge is 0.244 e. The average Bonchev–Trinajstić information content (AvgIpc) is 2.30. The molecule has 1 aliphatic carbocycles. The predicted octanol–water partition coefficient (Wildman–Crippen LogP) is 4.12. The first-order valence-electron chi connectivity index (χ1n) is 7.07. The maximum Gasteiger partial charge on any atom is 0.244 e. The summed E-state index contributed by atoms with van der Waals surface area (Å²) in [6.07, 6.45) is 6.77. The Kier molecular flexibility index (Phi) is 5.73. The van der Waals surface area contributed by atoms with Crippen molar-refractivity contribution in [2.75, 3.05) is 0 Å². The minimum absolute atomic E-state index is 0.0988. The highest BCUT2D eigenvalue weighted by Gasteiger charge is 2.26. The summed E-state index contributed by atoms with van der Waals surface area (Å²) in [6.45, 7) is 0. The monoisotopic (exact) mass is 381 g/mol. The summed E-state index contributed by atoms with van der Waals surface area (Å²) in [5.41, 5.74) is 0. The molecular weight excluding hydrogens is 364 g/mol.